The molecule has 0 saturated heterocycles. The minimum Gasteiger partial charge on any atom is -0.478 e. The van der Waals surface area contributed by atoms with Crippen LogP contribution in [0.4, 0.5) is 5.00 Å². The molecule has 1 N–H and O–H groups in total. The highest BCUT2D eigenvalue weighted by molar-refractivity contribution is 7.14. The smallest absolute Gasteiger partial charge is 0.239 e. The molecule has 7 nitrogen and oxygen atoms in total. The van der Waals surface area contributed by atoms with Crippen LogP contribution < -0.4 is 10.1 Å². The molecule has 0 saturated carbocycles. The fraction of sp³-hybridized carbons (Fsp3) is 0.375. The van der Waals surface area contributed by atoms with Crippen molar-refractivity contribution in [1.29, 1.82) is 5.26 Å². The molecule has 2 aromatic heterocycles. The molecular formula is C16H17N5O2S. The predicted molar refractivity (Wildman–Crippen MR) is 89.8 cm³/mol. The van der Waals surface area contributed by atoms with Crippen LogP contribution in [0.15, 0.2) is 17.8 Å². The predicted octanol–water partition coefficient (Wildman–Crippen LogP) is 1.81. The molecule has 1 aliphatic rings. The van der Waals surface area contributed by atoms with Crippen molar-refractivity contribution in [3.05, 3.63) is 34.6 Å². The van der Waals surface area contributed by atoms with Crippen LogP contribution in [-0.4, -0.2) is 40.5 Å². The Morgan fingerprint density at radius 3 is 3.21 bits per heavy atom. The molecule has 1 amide bonds. The highest BCUT2D eigenvalue weighted by Crippen LogP contribution is 2.25. The van der Waals surface area contributed by atoms with Crippen molar-refractivity contribution in [2.24, 2.45) is 0 Å². The number of rotatable bonds is 5. The first-order chi connectivity index (χ1) is 11.7. The first kappa shape index (κ1) is 16.4. The Morgan fingerprint density at radius 1 is 1.54 bits per heavy atom. The number of carbonyl (C=O) groups is 1. The van der Waals surface area contributed by atoms with Gasteiger partial charge in [-0.25, -0.2) is 9.97 Å². The molecule has 8 heteroatoms. The fourth-order valence-electron chi connectivity index (χ4n) is 2.63. The van der Waals surface area contributed by atoms with Gasteiger partial charge in [-0.15, -0.1) is 11.3 Å². The normalized spacial score (nSPS) is 13.8. The molecule has 0 aliphatic carbocycles. The number of hydrogen-bond donors (Lipinski definition) is 1. The largest absolute Gasteiger partial charge is 0.478 e. The second kappa shape index (κ2) is 7.38. The van der Waals surface area contributed by atoms with Crippen molar-refractivity contribution in [1.82, 2.24) is 14.9 Å². The number of hydrogen-bond acceptors (Lipinski definition) is 7. The molecule has 0 spiro atoms. The molecule has 24 heavy (non-hydrogen) atoms. The number of carbonyl (C=O) groups excluding carboxylic acids is 1. The van der Waals surface area contributed by atoms with E-state index in [9.17, 15) is 4.79 Å². The first-order valence-electron chi connectivity index (χ1n) is 7.66. The van der Waals surface area contributed by atoms with Gasteiger partial charge in [0.05, 0.1) is 24.4 Å². The molecule has 124 valence electrons. The van der Waals surface area contributed by atoms with Crippen LogP contribution in [0, 0.1) is 11.3 Å². The summed E-state index contributed by atoms with van der Waals surface area (Å²) in [5.41, 5.74) is 2.42. The number of thiophene rings is 1. The van der Waals surface area contributed by atoms with Crippen LogP contribution in [0.1, 0.15) is 23.7 Å². The molecule has 1 aliphatic heterocycles. The maximum Gasteiger partial charge on any atom is 0.239 e. The van der Waals surface area contributed by atoms with E-state index in [0.717, 1.165) is 24.2 Å². The number of nitriles is 1. The highest BCUT2D eigenvalue weighted by Gasteiger charge is 2.23. The summed E-state index contributed by atoms with van der Waals surface area (Å²) in [6.07, 6.45) is 2.28. The minimum absolute atomic E-state index is 0.132. The van der Waals surface area contributed by atoms with Crippen molar-refractivity contribution >= 4 is 22.2 Å². The van der Waals surface area contributed by atoms with E-state index in [4.69, 9.17) is 10.00 Å². The van der Waals surface area contributed by atoms with Crippen LogP contribution in [-0.2, 0) is 17.8 Å². The highest BCUT2D eigenvalue weighted by atomic mass is 32.1. The van der Waals surface area contributed by atoms with E-state index < -0.39 is 0 Å². The number of aromatic nitrogens is 2. The van der Waals surface area contributed by atoms with E-state index in [1.54, 1.807) is 11.4 Å². The van der Waals surface area contributed by atoms with E-state index in [-0.39, 0.29) is 12.5 Å². The number of amides is 1. The van der Waals surface area contributed by atoms with Gasteiger partial charge in [0.1, 0.15) is 17.4 Å². The van der Waals surface area contributed by atoms with E-state index in [1.165, 1.54) is 17.7 Å². The van der Waals surface area contributed by atoms with Gasteiger partial charge in [-0.3, -0.25) is 9.69 Å². The molecule has 0 unspecified atom stereocenters. The van der Waals surface area contributed by atoms with Crippen LogP contribution in [0.25, 0.3) is 0 Å². The van der Waals surface area contributed by atoms with Gasteiger partial charge in [0.15, 0.2) is 0 Å². The van der Waals surface area contributed by atoms with E-state index >= 15 is 0 Å². The monoisotopic (exact) mass is 343 g/mol. The van der Waals surface area contributed by atoms with Crippen molar-refractivity contribution < 1.29 is 9.53 Å². The van der Waals surface area contributed by atoms with E-state index in [1.807, 2.05) is 11.8 Å². The molecule has 3 rings (SSSR count). The van der Waals surface area contributed by atoms with Gasteiger partial charge in [0.2, 0.25) is 11.8 Å². The molecule has 0 bridgehead atoms. The Labute approximate surface area is 143 Å². The Kier molecular flexibility index (Phi) is 5.03. The summed E-state index contributed by atoms with van der Waals surface area (Å²) in [4.78, 5) is 22.8. The summed E-state index contributed by atoms with van der Waals surface area (Å²) in [5, 5.41) is 14.2. The summed E-state index contributed by atoms with van der Waals surface area (Å²) in [7, 11) is 0. The van der Waals surface area contributed by atoms with E-state index in [2.05, 4.69) is 21.4 Å². The first-order valence-corrected chi connectivity index (χ1v) is 8.54. The van der Waals surface area contributed by atoms with Crippen LogP contribution >= 0.6 is 11.3 Å². The van der Waals surface area contributed by atoms with Crippen LogP contribution in [0.5, 0.6) is 5.88 Å². The lowest BCUT2D eigenvalue weighted by Gasteiger charge is -2.28. The lowest BCUT2D eigenvalue weighted by atomic mass is 10.1. The number of nitrogens with one attached hydrogen (secondary N) is 1. The van der Waals surface area contributed by atoms with Gasteiger partial charge < -0.3 is 10.1 Å². The maximum absolute atomic E-state index is 12.3. The molecule has 0 aromatic carbocycles. The Bertz CT molecular complexity index is 783. The SMILES string of the molecule is CCOc1ncnc2c1CN(CC(=O)Nc1sccc1C#N)CC2. The summed E-state index contributed by atoms with van der Waals surface area (Å²) in [6, 6.07) is 3.77. The Morgan fingerprint density at radius 2 is 2.42 bits per heavy atom. The summed E-state index contributed by atoms with van der Waals surface area (Å²) in [5.74, 6) is 0.463. The lowest BCUT2D eigenvalue weighted by Crippen LogP contribution is -2.37. The van der Waals surface area contributed by atoms with Crippen LogP contribution in [0.2, 0.25) is 0 Å². The average molecular weight is 343 g/mol. The van der Waals surface area contributed by atoms with Crippen LogP contribution in [0.3, 0.4) is 0 Å². The molecule has 0 radical (unpaired) electrons. The molecule has 0 atom stereocenters. The number of nitrogens with zero attached hydrogens (tertiary/aromatic N) is 4. The topological polar surface area (TPSA) is 91.1 Å². The number of ether oxygens (including phenoxy) is 1. The van der Waals surface area contributed by atoms with Gasteiger partial charge in [0, 0.05) is 25.1 Å². The van der Waals surface area contributed by atoms with Gasteiger partial charge in [-0.05, 0) is 18.4 Å². The zero-order chi connectivity index (χ0) is 16.9. The summed E-state index contributed by atoms with van der Waals surface area (Å²) >= 11 is 1.35. The van der Waals surface area contributed by atoms with Gasteiger partial charge in [-0.1, -0.05) is 0 Å². The molecule has 2 aromatic rings. The lowest BCUT2D eigenvalue weighted by molar-refractivity contribution is -0.117. The fourth-order valence-corrected chi connectivity index (χ4v) is 3.38. The second-order valence-electron chi connectivity index (χ2n) is 5.32. The van der Waals surface area contributed by atoms with Gasteiger partial charge >= 0.3 is 0 Å². The minimum atomic E-state index is -0.132. The van der Waals surface area contributed by atoms with Gasteiger partial charge in [0.25, 0.3) is 0 Å². The third kappa shape index (κ3) is 3.53. The maximum atomic E-state index is 12.3. The summed E-state index contributed by atoms with van der Waals surface area (Å²) < 4.78 is 5.56. The van der Waals surface area contributed by atoms with E-state index in [0.29, 0.717) is 29.6 Å². The molecule has 3 heterocycles. The van der Waals surface area contributed by atoms with Crippen molar-refractivity contribution in [2.45, 2.75) is 19.9 Å². The van der Waals surface area contributed by atoms with Crippen molar-refractivity contribution in [3.63, 3.8) is 0 Å². The molecule has 0 fully saturated rings. The Hall–Kier alpha value is -2.50. The third-order valence-electron chi connectivity index (χ3n) is 3.73. The van der Waals surface area contributed by atoms with Crippen molar-refractivity contribution in [2.75, 3.05) is 25.0 Å². The average Bonchev–Trinajstić information content (AvgIpc) is 3.02. The zero-order valence-corrected chi connectivity index (χ0v) is 14.1. The number of anilines is 1. The van der Waals surface area contributed by atoms with Gasteiger partial charge in [-0.2, -0.15) is 5.26 Å². The third-order valence-corrected chi connectivity index (χ3v) is 4.56. The zero-order valence-electron chi connectivity index (χ0n) is 13.3. The van der Waals surface area contributed by atoms with Crippen molar-refractivity contribution in [3.8, 4) is 11.9 Å². The standard InChI is InChI=1S/C16H17N5O2S/c1-2-23-15-12-8-21(5-3-13(12)18-10-19-15)9-14(22)20-16-11(7-17)4-6-24-16/h4,6,10H,2-3,5,8-9H2,1H3,(H,20,22). The molecular weight excluding hydrogens is 326 g/mol. The second-order valence-corrected chi connectivity index (χ2v) is 6.24. The quantitative estimate of drug-likeness (QED) is 0.890. The summed E-state index contributed by atoms with van der Waals surface area (Å²) in [6.45, 7) is 4.03. The Balaban J connectivity index is 1.65. The number of fused-ring (bicyclic) bond motifs is 1.